The van der Waals surface area contributed by atoms with E-state index in [9.17, 15) is 13.2 Å². The number of hydrogen-bond donors (Lipinski definition) is 1. The number of fused-ring (bicyclic) bond motifs is 1. The van der Waals surface area contributed by atoms with Gasteiger partial charge in [0.05, 0.1) is 15.8 Å². The standard InChI is InChI=1S/C12H10Cl3NO3S2/c1-21(18,19)3-2-16-12(17)11-10(15)9-7(14)4-6(13)5-8(9)20-11/h4-5H,2-3H2,1H3,(H,16,17). The highest BCUT2D eigenvalue weighted by Gasteiger charge is 2.19. The van der Waals surface area contributed by atoms with E-state index in [0.717, 1.165) is 17.6 Å². The second-order valence-corrected chi connectivity index (χ2v) is 8.93. The van der Waals surface area contributed by atoms with Crippen LogP contribution in [0.15, 0.2) is 12.1 Å². The van der Waals surface area contributed by atoms with Gasteiger partial charge in [-0.1, -0.05) is 34.8 Å². The van der Waals surface area contributed by atoms with E-state index >= 15 is 0 Å². The molecule has 9 heteroatoms. The number of carbonyl (C=O) groups excluding carboxylic acids is 1. The van der Waals surface area contributed by atoms with Crippen LogP contribution in [0.1, 0.15) is 9.67 Å². The minimum atomic E-state index is -3.13. The molecule has 2 rings (SSSR count). The van der Waals surface area contributed by atoms with Crippen LogP contribution in [0.25, 0.3) is 10.1 Å². The summed E-state index contributed by atoms with van der Waals surface area (Å²) in [6, 6.07) is 3.22. The molecule has 1 aromatic carbocycles. The van der Waals surface area contributed by atoms with Gasteiger partial charge < -0.3 is 5.32 Å². The molecule has 2 aromatic rings. The van der Waals surface area contributed by atoms with Gasteiger partial charge in [-0.25, -0.2) is 8.42 Å². The predicted molar refractivity (Wildman–Crippen MR) is 88.9 cm³/mol. The van der Waals surface area contributed by atoms with Gasteiger partial charge in [0.25, 0.3) is 5.91 Å². The molecule has 0 spiro atoms. The Kier molecular flexibility index (Phi) is 5.05. The number of nitrogens with one attached hydrogen (secondary N) is 1. The first kappa shape index (κ1) is 16.8. The fourth-order valence-electron chi connectivity index (χ4n) is 1.69. The number of amides is 1. The Morgan fingerprint density at radius 3 is 2.57 bits per heavy atom. The summed E-state index contributed by atoms with van der Waals surface area (Å²) >= 11 is 19.3. The minimum absolute atomic E-state index is 0.0245. The SMILES string of the molecule is CS(=O)(=O)CCNC(=O)c1sc2cc(Cl)cc(Cl)c2c1Cl. The Morgan fingerprint density at radius 2 is 1.95 bits per heavy atom. The van der Waals surface area contributed by atoms with Crippen molar-refractivity contribution in [2.75, 3.05) is 18.6 Å². The number of sulfone groups is 1. The maximum atomic E-state index is 12.1. The van der Waals surface area contributed by atoms with Gasteiger partial charge in [-0.3, -0.25) is 4.79 Å². The smallest absolute Gasteiger partial charge is 0.262 e. The summed E-state index contributed by atoms with van der Waals surface area (Å²) in [6.07, 6.45) is 1.10. The lowest BCUT2D eigenvalue weighted by molar-refractivity contribution is 0.0960. The molecule has 4 nitrogen and oxygen atoms in total. The molecule has 0 fully saturated rings. The molecule has 1 heterocycles. The van der Waals surface area contributed by atoms with E-state index < -0.39 is 15.7 Å². The van der Waals surface area contributed by atoms with Crippen molar-refractivity contribution in [1.29, 1.82) is 0 Å². The van der Waals surface area contributed by atoms with E-state index in [-0.39, 0.29) is 22.2 Å². The molecule has 1 N–H and O–H groups in total. The highest BCUT2D eigenvalue weighted by atomic mass is 35.5. The van der Waals surface area contributed by atoms with Crippen LogP contribution in [0, 0.1) is 0 Å². The van der Waals surface area contributed by atoms with E-state index in [1.807, 2.05) is 0 Å². The van der Waals surface area contributed by atoms with Crippen LogP contribution < -0.4 is 5.32 Å². The fourth-order valence-corrected chi connectivity index (χ4v) is 4.46. The van der Waals surface area contributed by atoms with E-state index in [2.05, 4.69) is 5.32 Å². The number of benzene rings is 1. The fraction of sp³-hybridized carbons (Fsp3) is 0.250. The number of thiophene rings is 1. The lowest BCUT2D eigenvalue weighted by atomic mass is 10.2. The average Bonchev–Trinajstić information content (AvgIpc) is 2.64. The van der Waals surface area contributed by atoms with Crippen molar-refractivity contribution >= 4 is 72.0 Å². The van der Waals surface area contributed by atoms with Crippen LogP contribution in [0.3, 0.4) is 0 Å². The molecule has 0 unspecified atom stereocenters. The van der Waals surface area contributed by atoms with E-state index in [1.165, 1.54) is 0 Å². The van der Waals surface area contributed by atoms with Crippen LogP contribution in [0.2, 0.25) is 15.1 Å². The van der Waals surface area contributed by atoms with Gasteiger partial charge in [0, 0.05) is 27.9 Å². The van der Waals surface area contributed by atoms with Crippen LogP contribution in [0.5, 0.6) is 0 Å². The molecule has 0 radical (unpaired) electrons. The molecular weight excluding hydrogens is 377 g/mol. The van der Waals surface area contributed by atoms with Crippen LogP contribution >= 0.6 is 46.1 Å². The van der Waals surface area contributed by atoms with E-state index in [0.29, 0.717) is 20.1 Å². The first-order valence-corrected chi connectivity index (χ1v) is 9.73. The zero-order valence-corrected chi connectivity index (χ0v) is 14.6. The number of rotatable bonds is 4. The third kappa shape index (κ3) is 4.02. The third-order valence-corrected chi connectivity index (χ3v) is 5.70. The maximum Gasteiger partial charge on any atom is 0.262 e. The molecule has 114 valence electrons. The summed E-state index contributed by atoms with van der Waals surface area (Å²) in [6.45, 7) is 0.0245. The van der Waals surface area contributed by atoms with Gasteiger partial charge in [0.2, 0.25) is 0 Å². The summed E-state index contributed by atoms with van der Waals surface area (Å²) in [5.41, 5.74) is 0. The largest absolute Gasteiger partial charge is 0.350 e. The highest BCUT2D eigenvalue weighted by Crippen LogP contribution is 2.41. The monoisotopic (exact) mass is 385 g/mol. The minimum Gasteiger partial charge on any atom is -0.350 e. The predicted octanol–water partition coefficient (Wildman–Crippen LogP) is 3.64. The Hall–Kier alpha value is -0.530. The van der Waals surface area contributed by atoms with Crippen LogP contribution in [0.4, 0.5) is 0 Å². The van der Waals surface area contributed by atoms with Crippen LogP contribution in [-0.2, 0) is 9.84 Å². The van der Waals surface area contributed by atoms with Crippen molar-refractivity contribution < 1.29 is 13.2 Å². The molecule has 21 heavy (non-hydrogen) atoms. The average molecular weight is 387 g/mol. The van der Waals surface area contributed by atoms with Crippen molar-refractivity contribution in [2.45, 2.75) is 0 Å². The lowest BCUT2D eigenvalue weighted by Crippen LogP contribution is -2.28. The summed E-state index contributed by atoms with van der Waals surface area (Å²) in [5, 5.41) is 4.16. The summed E-state index contributed by atoms with van der Waals surface area (Å²) in [5.74, 6) is -0.564. The number of halogens is 3. The second-order valence-electron chi connectivity index (χ2n) is 4.39. The van der Waals surface area contributed by atoms with Gasteiger partial charge in [0.15, 0.2) is 0 Å². The number of carbonyl (C=O) groups is 1. The molecule has 0 atom stereocenters. The van der Waals surface area contributed by atoms with E-state index in [4.69, 9.17) is 34.8 Å². The summed E-state index contributed by atoms with van der Waals surface area (Å²) < 4.78 is 22.8. The topological polar surface area (TPSA) is 63.2 Å². The van der Waals surface area contributed by atoms with Gasteiger partial charge in [-0.05, 0) is 12.1 Å². The normalized spacial score (nSPS) is 11.8. The van der Waals surface area contributed by atoms with Crippen molar-refractivity contribution in [1.82, 2.24) is 5.32 Å². The molecule has 0 aliphatic rings. The zero-order valence-electron chi connectivity index (χ0n) is 10.7. The lowest BCUT2D eigenvalue weighted by Gasteiger charge is -2.02. The molecule has 0 saturated carbocycles. The van der Waals surface area contributed by atoms with Crippen molar-refractivity contribution in [3.8, 4) is 0 Å². The Morgan fingerprint density at radius 1 is 1.29 bits per heavy atom. The molecule has 1 aromatic heterocycles. The highest BCUT2D eigenvalue weighted by molar-refractivity contribution is 7.90. The van der Waals surface area contributed by atoms with E-state index in [1.54, 1.807) is 12.1 Å². The molecule has 0 bridgehead atoms. The first-order valence-electron chi connectivity index (χ1n) is 5.72. The van der Waals surface area contributed by atoms with Gasteiger partial charge in [0.1, 0.15) is 14.7 Å². The molecule has 1 amide bonds. The van der Waals surface area contributed by atoms with Gasteiger partial charge >= 0.3 is 0 Å². The Balaban J connectivity index is 2.28. The quantitative estimate of drug-likeness (QED) is 0.872. The van der Waals surface area contributed by atoms with Crippen LogP contribution in [-0.4, -0.2) is 32.9 Å². The molecule has 0 saturated heterocycles. The van der Waals surface area contributed by atoms with Crippen molar-refractivity contribution in [3.05, 3.63) is 32.1 Å². The summed E-state index contributed by atoms with van der Waals surface area (Å²) in [7, 11) is -3.13. The molecular formula is C12H10Cl3NO3S2. The Bertz CT molecular complexity index is 815. The number of hydrogen-bond acceptors (Lipinski definition) is 4. The maximum absolute atomic E-state index is 12.1. The molecule has 0 aliphatic carbocycles. The van der Waals surface area contributed by atoms with Gasteiger partial charge in [-0.15, -0.1) is 11.3 Å². The first-order chi connectivity index (χ1) is 9.69. The second kappa shape index (κ2) is 6.30. The third-order valence-electron chi connectivity index (χ3n) is 2.61. The zero-order chi connectivity index (χ0) is 15.8. The Labute approximate surface area is 140 Å². The van der Waals surface area contributed by atoms with Crippen molar-refractivity contribution in [2.24, 2.45) is 0 Å². The summed E-state index contributed by atoms with van der Waals surface area (Å²) in [4.78, 5) is 12.3. The molecule has 0 aliphatic heterocycles. The van der Waals surface area contributed by atoms with Gasteiger partial charge in [-0.2, -0.15) is 0 Å². The van der Waals surface area contributed by atoms with Crippen molar-refractivity contribution in [3.63, 3.8) is 0 Å².